The van der Waals surface area contributed by atoms with Crippen molar-refractivity contribution in [2.75, 3.05) is 19.6 Å². The summed E-state index contributed by atoms with van der Waals surface area (Å²) in [6, 6.07) is 12.0. The first-order valence-corrected chi connectivity index (χ1v) is 11.9. The molecule has 2 heterocycles. The number of nitro groups is 1. The monoisotopic (exact) mass is 525 g/mol. The van der Waals surface area contributed by atoms with Crippen molar-refractivity contribution in [3.05, 3.63) is 60.5 Å². The SMILES string of the molecule is O=C(C1CC1)N1CCC(CN(Cc2ccc(I)cc2)Cc2ccc([N+](=O)[O-])s2)C1. The molecule has 1 aromatic carbocycles. The van der Waals surface area contributed by atoms with E-state index in [1.54, 1.807) is 6.07 Å². The van der Waals surface area contributed by atoms with Crippen LogP contribution in [0.4, 0.5) is 5.00 Å². The van der Waals surface area contributed by atoms with Gasteiger partial charge in [-0.3, -0.25) is 19.8 Å². The minimum absolute atomic E-state index is 0.191. The van der Waals surface area contributed by atoms with Gasteiger partial charge in [0.15, 0.2) is 0 Å². The fraction of sp³-hybridized carbons (Fsp3) is 0.476. The van der Waals surface area contributed by atoms with E-state index in [4.69, 9.17) is 0 Å². The van der Waals surface area contributed by atoms with Gasteiger partial charge in [-0.2, -0.15) is 0 Å². The minimum Gasteiger partial charge on any atom is -0.342 e. The van der Waals surface area contributed by atoms with E-state index in [-0.39, 0.29) is 15.8 Å². The number of carbonyl (C=O) groups is 1. The molecule has 1 amide bonds. The molecule has 1 atom stereocenters. The zero-order valence-corrected chi connectivity index (χ0v) is 19.1. The number of likely N-dealkylation sites (tertiary alicyclic amines) is 1. The average Bonchev–Trinajstić information content (AvgIpc) is 3.26. The number of amides is 1. The van der Waals surface area contributed by atoms with Crippen LogP contribution in [0.15, 0.2) is 36.4 Å². The largest absolute Gasteiger partial charge is 0.342 e. The molecule has 2 aromatic rings. The summed E-state index contributed by atoms with van der Waals surface area (Å²) < 4.78 is 1.21. The Balaban J connectivity index is 1.42. The Morgan fingerprint density at radius 3 is 2.59 bits per heavy atom. The lowest BCUT2D eigenvalue weighted by Crippen LogP contribution is -2.33. The second-order valence-corrected chi connectivity index (χ2v) is 10.4. The van der Waals surface area contributed by atoms with Gasteiger partial charge in [0.05, 0.1) is 4.92 Å². The van der Waals surface area contributed by atoms with Gasteiger partial charge in [0.1, 0.15) is 0 Å². The third-order valence-corrected chi connectivity index (χ3v) is 7.31. The number of carbonyl (C=O) groups excluding carboxylic acids is 1. The molecule has 4 rings (SSSR count). The van der Waals surface area contributed by atoms with E-state index in [0.717, 1.165) is 50.3 Å². The first-order chi connectivity index (χ1) is 14.0. The van der Waals surface area contributed by atoms with Gasteiger partial charge in [0.2, 0.25) is 5.91 Å². The van der Waals surface area contributed by atoms with Gasteiger partial charge in [0.25, 0.3) is 0 Å². The van der Waals surface area contributed by atoms with Crippen molar-refractivity contribution in [2.45, 2.75) is 32.4 Å². The van der Waals surface area contributed by atoms with E-state index in [2.05, 4.69) is 51.8 Å². The molecule has 0 N–H and O–H groups in total. The minimum atomic E-state index is -0.323. The summed E-state index contributed by atoms with van der Waals surface area (Å²) in [6.07, 6.45) is 3.14. The van der Waals surface area contributed by atoms with Crippen LogP contribution >= 0.6 is 33.9 Å². The Hall–Kier alpha value is -1.52. The summed E-state index contributed by atoms with van der Waals surface area (Å²) in [5.74, 6) is 1.07. The second kappa shape index (κ2) is 9.09. The number of nitrogens with zero attached hydrogens (tertiary/aromatic N) is 3. The van der Waals surface area contributed by atoms with Crippen LogP contribution in [0.25, 0.3) is 0 Å². The van der Waals surface area contributed by atoms with Gasteiger partial charge in [0, 0.05) is 53.2 Å². The lowest BCUT2D eigenvalue weighted by molar-refractivity contribution is -0.380. The Morgan fingerprint density at radius 1 is 1.17 bits per heavy atom. The van der Waals surface area contributed by atoms with Crippen LogP contribution < -0.4 is 0 Å². The van der Waals surface area contributed by atoms with Crippen molar-refractivity contribution in [2.24, 2.45) is 11.8 Å². The fourth-order valence-electron chi connectivity index (χ4n) is 3.94. The topological polar surface area (TPSA) is 66.7 Å². The van der Waals surface area contributed by atoms with E-state index in [0.29, 0.717) is 18.4 Å². The Morgan fingerprint density at radius 2 is 1.93 bits per heavy atom. The standard InChI is InChI=1S/C21H24IN3O3S/c22-18-5-1-15(2-6-18)11-23(14-19-7-8-20(29-19)25(27)28)12-16-9-10-24(13-16)21(26)17-3-4-17/h1-2,5-8,16-17H,3-4,9-14H2. The zero-order chi connectivity index (χ0) is 20.4. The Labute approximate surface area is 188 Å². The maximum atomic E-state index is 12.4. The van der Waals surface area contributed by atoms with Crippen LogP contribution in [0.2, 0.25) is 0 Å². The van der Waals surface area contributed by atoms with Gasteiger partial charge < -0.3 is 4.90 Å². The molecule has 1 aromatic heterocycles. The quantitative estimate of drug-likeness (QED) is 0.289. The number of benzene rings is 1. The third-order valence-electron chi connectivity index (χ3n) is 5.57. The van der Waals surface area contributed by atoms with Crippen molar-refractivity contribution >= 4 is 44.8 Å². The number of hydrogen-bond acceptors (Lipinski definition) is 5. The predicted molar refractivity (Wildman–Crippen MR) is 122 cm³/mol. The second-order valence-electron chi connectivity index (χ2n) is 8.01. The van der Waals surface area contributed by atoms with Crippen molar-refractivity contribution < 1.29 is 9.72 Å². The van der Waals surface area contributed by atoms with Crippen LogP contribution in [0.1, 0.15) is 29.7 Å². The Bertz CT molecular complexity index is 882. The highest BCUT2D eigenvalue weighted by Gasteiger charge is 2.36. The van der Waals surface area contributed by atoms with Crippen LogP contribution in [0.5, 0.6) is 0 Å². The van der Waals surface area contributed by atoms with Crippen LogP contribution in [-0.4, -0.2) is 40.3 Å². The number of rotatable bonds is 8. The number of hydrogen-bond donors (Lipinski definition) is 0. The van der Waals surface area contributed by atoms with Gasteiger partial charge >= 0.3 is 5.00 Å². The van der Waals surface area contributed by atoms with Crippen molar-refractivity contribution in [1.29, 1.82) is 0 Å². The number of thiophene rings is 1. The molecule has 29 heavy (non-hydrogen) atoms. The summed E-state index contributed by atoms with van der Waals surface area (Å²) >= 11 is 3.55. The molecule has 1 saturated heterocycles. The van der Waals surface area contributed by atoms with Crippen molar-refractivity contribution in [3.63, 3.8) is 0 Å². The third kappa shape index (κ3) is 5.55. The van der Waals surface area contributed by atoms with Crippen molar-refractivity contribution in [3.8, 4) is 0 Å². The molecule has 0 spiro atoms. The molecule has 8 heteroatoms. The molecule has 1 aliphatic heterocycles. The molecule has 0 bridgehead atoms. The molecule has 0 radical (unpaired) electrons. The molecule has 154 valence electrons. The highest BCUT2D eigenvalue weighted by atomic mass is 127. The van der Waals surface area contributed by atoms with Crippen LogP contribution in [0, 0.1) is 25.5 Å². The van der Waals surface area contributed by atoms with Gasteiger partial charge in [-0.05, 0) is 71.5 Å². The summed E-state index contributed by atoms with van der Waals surface area (Å²) in [4.78, 5) is 28.5. The molecule has 1 aliphatic carbocycles. The smallest absolute Gasteiger partial charge is 0.324 e. The highest BCUT2D eigenvalue weighted by Crippen LogP contribution is 2.33. The van der Waals surface area contributed by atoms with E-state index < -0.39 is 0 Å². The number of halogens is 1. The first kappa shape index (κ1) is 20.7. The molecular weight excluding hydrogens is 501 g/mol. The van der Waals surface area contributed by atoms with Crippen LogP contribution in [0.3, 0.4) is 0 Å². The first-order valence-electron chi connectivity index (χ1n) is 9.96. The van der Waals surface area contributed by atoms with E-state index in [1.165, 1.54) is 20.5 Å². The lowest BCUT2D eigenvalue weighted by Gasteiger charge is -2.25. The fourth-order valence-corrected chi connectivity index (χ4v) is 5.16. The van der Waals surface area contributed by atoms with Gasteiger partial charge in [-0.1, -0.05) is 23.5 Å². The highest BCUT2D eigenvalue weighted by molar-refractivity contribution is 14.1. The summed E-state index contributed by atoms with van der Waals surface area (Å²) in [7, 11) is 0. The van der Waals surface area contributed by atoms with E-state index >= 15 is 0 Å². The van der Waals surface area contributed by atoms with E-state index in [9.17, 15) is 14.9 Å². The predicted octanol–water partition coefficient (Wildman–Crippen LogP) is 4.52. The summed E-state index contributed by atoms with van der Waals surface area (Å²) in [6.45, 7) is 4.09. The maximum Gasteiger partial charge on any atom is 0.324 e. The molecule has 6 nitrogen and oxygen atoms in total. The summed E-state index contributed by atoms with van der Waals surface area (Å²) in [5, 5.41) is 11.2. The normalized spacial score (nSPS) is 19.1. The Kier molecular flexibility index (Phi) is 6.50. The van der Waals surface area contributed by atoms with Gasteiger partial charge in [-0.25, -0.2) is 0 Å². The lowest BCUT2D eigenvalue weighted by atomic mass is 10.1. The van der Waals surface area contributed by atoms with Gasteiger partial charge in [-0.15, -0.1) is 0 Å². The average molecular weight is 525 g/mol. The molecule has 2 fully saturated rings. The molecule has 1 unspecified atom stereocenters. The van der Waals surface area contributed by atoms with E-state index in [1.807, 2.05) is 11.0 Å². The van der Waals surface area contributed by atoms with Crippen LogP contribution in [-0.2, 0) is 17.9 Å². The molecular formula is C21H24IN3O3S. The van der Waals surface area contributed by atoms with Crippen molar-refractivity contribution in [1.82, 2.24) is 9.80 Å². The zero-order valence-electron chi connectivity index (χ0n) is 16.1. The molecule has 1 saturated carbocycles. The summed E-state index contributed by atoms with van der Waals surface area (Å²) in [5.41, 5.74) is 1.24. The molecule has 2 aliphatic rings. The maximum absolute atomic E-state index is 12.4.